The Morgan fingerprint density at radius 2 is 1.88 bits per heavy atom. The SMILES string of the molecule is CNc1cc(C(C)(C)C)nc(C2CC2(C)C)n1. The van der Waals surface area contributed by atoms with Crippen molar-refractivity contribution < 1.29 is 0 Å². The molecule has 0 bridgehead atoms. The first-order valence-electron chi connectivity index (χ1n) is 6.31. The smallest absolute Gasteiger partial charge is 0.134 e. The lowest BCUT2D eigenvalue weighted by Gasteiger charge is -2.19. The van der Waals surface area contributed by atoms with Crippen molar-refractivity contribution >= 4 is 5.82 Å². The summed E-state index contributed by atoms with van der Waals surface area (Å²) >= 11 is 0. The number of aromatic nitrogens is 2. The summed E-state index contributed by atoms with van der Waals surface area (Å²) in [6.07, 6.45) is 1.20. The van der Waals surface area contributed by atoms with Crippen molar-refractivity contribution in [2.45, 2.75) is 52.4 Å². The molecule has 17 heavy (non-hydrogen) atoms. The van der Waals surface area contributed by atoms with Crippen LogP contribution in [0.1, 0.15) is 58.5 Å². The Kier molecular flexibility index (Phi) is 2.68. The van der Waals surface area contributed by atoms with Crippen LogP contribution in [0.5, 0.6) is 0 Å². The summed E-state index contributed by atoms with van der Waals surface area (Å²) in [5.74, 6) is 2.46. The molecule has 1 aliphatic carbocycles. The molecule has 1 heterocycles. The normalized spacial score (nSPS) is 22.4. The molecule has 2 rings (SSSR count). The van der Waals surface area contributed by atoms with E-state index >= 15 is 0 Å². The molecule has 3 nitrogen and oxygen atoms in total. The van der Waals surface area contributed by atoms with Crippen molar-refractivity contribution in [3.8, 4) is 0 Å². The van der Waals surface area contributed by atoms with Gasteiger partial charge in [-0.2, -0.15) is 0 Å². The van der Waals surface area contributed by atoms with E-state index in [1.54, 1.807) is 0 Å². The minimum atomic E-state index is 0.0717. The summed E-state index contributed by atoms with van der Waals surface area (Å²) in [4.78, 5) is 9.36. The Labute approximate surface area is 104 Å². The van der Waals surface area contributed by atoms with E-state index in [0.29, 0.717) is 11.3 Å². The Morgan fingerprint density at radius 1 is 1.29 bits per heavy atom. The van der Waals surface area contributed by atoms with E-state index in [1.807, 2.05) is 7.05 Å². The van der Waals surface area contributed by atoms with Crippen molar-refractivity contribution in [1.82, 2.24) is 9.97 Å². The van der Waals surface area contributed by atoms with E-state index in [-0.39, 0.29) is 5.41 Å². The topological polar surface area (TPSA) is 37.8 Å². The Morgan fingerprint density at radius 3 is 2.29 bits per heavy atom. The van der Waals surface area contributed by atoms with Gasteiger partial charge >= 0.3 is 0 Å². The fraction of sp³-hybridized carbons (Fsp3) is 0.714. The molecular formula is C14H23N3. The maximum absolute atomic E-state index is 4.76. The van der Waals surface area contributed by atoms with Gasteiger partial charge in [0.15, 0.2) is 0 Å². The molecule has 94 valence electrons. The minimum Gasteiger partial charge on any atom is -0.373 e. The van der Waals surface area contributed by atoms with Gasteiger partial charge in [-0.15, -0.1) is 0 Å². The number of hydrogen-bond donors (Lipinski definition) is 1. The first kappa shape index (κ1) is 12.3. The van der Waals surface area contributed by atoms with Gasteiger partial charge in [-0.05, 0) is 11.8 Å². The molecule has 1 saturated carbocycles. The predicted octanol–water partition coefficient (Wildman–Crippen LogP) is 3.33. The highest BCUT2D eigenvalue weighted by atomic mass is 15.0. The maximum Gasteiger partial charge on any atom is 0.134 e. The van der Waals surface area contributed by atoms with Gasteiger partial charge in [-0.25, -0.2) is 9.97 Å². The summed E-state index contributed by atoms with van der Waals surface area (Å²) in [5, 5.41) is 3.14. The molecule has 1 aromatic rings. The average Bonchev–Trinajstić information content (AvgIpc) is 2.86. The number of anilines is 1. The van der Waals surface area contributed by atoms with Crippen molar-refractivity contribution in [3.05, 3.63) is 17.6 Å². The van der Waals surface area contributed by atoms with E-state index in [1.165, 1.54) is 6.42 Å². The van der Waals surface area contributed by atoms with Crippen LogP contribution in [0.15, 0.2) is 6.07 Å². The summed E-state index contributed by atoms with van der Waals surface area (Å²) in [6, 6.07) is 2.05. The van der Waals surface area contributed by atoms with Crippen LogP contribution < -0.4 is 5.32 Å². The van der Waals surface area contributed by atoms with E-state index in [9.17, 15) is 0 Å². The first-order valence-corrected chi connectivity index (χ1v) is 6.31. The Hall–Kier alpha value is -1.12. The second-order valence-electron chi connectivity index (χ2n) is 6.74. The van der Waals surface area contributed by atoms with Crippen LogP contribution in [0, 0.1) is 5.41 Å². The van der Waals surface area contributed by atoms with E-state index in [4.69, 9.17) is 4.98 Å². The lowest BCUT2D eigenvalue weighted by molar-refractivity contribution is 0.554. The molecule has 0 aromatic carbocycles. The van der Waals surface area contributed by atoms with Crippen molar-refractivity contribution in [1.29, 1.82) is 0 Å². The van der Waals surface area contributed by atoms with Crippen molar-refractivity contribution in [2.75, 3.05) is 12.4 Å². The van der Waals surface area contributed by atoms with Crippen LogP contribution in [-0.4, -0.2) is 17.0 Å². The zero-order chi connectivity index (χ0) is 12.8. The Bertz CT molecular complexity index is 430. The van der Waals surface area contributed by atoms with Gasteiger partial charge in [-0.3, -0.25) is 0 Å². The number of nitrogens with zero attached hydrogens (tertiary/aromatic N) is 2. The third-order valence-corrected chi connectivity index (χ3v) is 3.59. The zero-order valence-corrected chi connectivity index (χ0v) is 11.8. The number of rotatable bonds is 2. The van der Waals surface area contributed by atoms with E-state index in [0.717, 1.165) is 17.3 Å². The predicted molar refractivity (Wildman–Crippen MR) is 71.4 cm³/mol. The van der Waals surface area contributed by atoms with Gasteiger partial charge in [0.1, 0.15) is 11.6 Å². The van der Waals surface area contributed by atoms with Crippen LogP contribution in [0.4, 0.5) is 5.82 Å². The molecule has 0 aliphatic heterocycles. The standard InChI is InChI=1S/C14H23N3/c1-13(2,3)10-7-11(15-6)17-12(16-10)9-8-14(9,4)5/h7,9H,8H2,1-6H3,(H,15,16,17). The number of hydrogen-bond acceptors (Lipinski definition) is 3. The minimum absolute atomic E-state index is 0.0717. The summed E-state index contributed by atoms with van der Waals surface area (Å²) in [6.45, 7) is 11.1. The third-order valence-electron chi connectivity index (χ3n) is 3.59. The van der Waals surface area contributed by atoms with Crippen molar-refractivity contribution in [2.24, 2.45) is 5.41 Å². The quantitative estimate of drug-likeness (QED) is 0.851. The highest BCUT2D eigenvalue weighted by molar-refractivity contribution is 5.38. The van der Waals surface area contributed by atoms with Gasteiger partial charge in [-0.1, -0.05) is 34.6 Å². The van der Waals surface area contributed by atoms with Crippen LogP contribution >= 0.6 is 0 Å². The van der Waals surface area contributed by atoms with Gasteiger partial charge in [0, 0.05) is 24.4 Å². The van der Waals surface area contributed by atoms with Crippen LogP contribution in [0.3, 0.4) is 0 Å². The molecular weight excluding hydrogens is 210 g/mol. The van der Waals surface area contributed by atoms with Gasteiger partial charge in [0.05, 0.1) is 5.69 Å². The summed E-state index contributed by atoms with van der Waals surface area (Å²) in [7, 11) is 1.91. The van der Waals surface area contributed by atoms with E-state index in [2.05, 4.69) is 51.0 Å². The molecule has 0 saturated heterocycles. The van der Waals surface area contributed by atoms with Crippen LogP contribution in [0.25, 0.3) is 0 Å². The maximum atomic E-state index is 4.76. The Balaban J connectivity index is 2.40. The second-order valence-corrected chi connectivity index (χ2v) is 6.74. The van der Waals surface area contributed by atoms with E-state index < -0.39 is 0 Å². The molecule has 1 atom stereocenters. The monoisotopic (exact) mass is 233 g/mol. The average molecular weight is 233 g/mol. The second kappa shape index (κ2) is 3.69. The third kappa shape index (κ3) is 2.43. The first-order chi connectivity index (χ1) is 7.74. The lowest BCUT2D eigenvalue weighted by atomic mass is 9.91. The molecule has 1 fully saturated rings. The summed E-state index contributed by atoms with van der Waals surface area (Å²) in [5.41, 5.74) is 1.57. The lowest BCUT2D eigenvalue weighted by Crippen LogP contribution is -2.16. The molecule has 0 radical (unpaired) electrons. The molecule has 0 amide bonds. The van der Waals surface area contributed by atoms with Crippen molar-refractivity contribution in [3.63, 3.8) is 0 Å². The largest absolute Gasteiger partial charge is 0.373 e. The van der Waals surface area contributed by atoms with Gasteiger partial charge < -0.3 is 5.32 Å². The fourth-order valence-electron chi connectivity index (χ4n) is 2.04. The highest BCUT2D eigenvalue weighted by Crippen LogP contribution is 2.57. The fourth-order valence-corrected chi connectivity index (χ4v) is 2.04. The van der Waals surface area contributed by atoms with Gasteiger partial charge in [0.25, 0.3) is 0 Å². The highest BCUT2D eigenvalue weighted by Gasteiger charge is 2.48. The molecule has 1 aliphatic rings. The molecule has 0 spiro atoms. The van der Waals surface area contributed by atoms with Crippen LogP contribution in [-0.2, 0) is 5.41 Å². The molecule has 1 unspecified atom stereocenters. The molecule has 1 aromatic heterocycles. The number of nitrogens with one attached hydrogen (secondary N) is 1. The zero-order valence-electron chi connectivity index (χ0n) is 11.8. The molecule has 1 N–H and O–H groups in total. The summed E-state index contributed by atoms with van der Waals surface area (Å²) < 4.78 is 0. The molecule has 3 heteroatoms. The van der Waals surface area contributed by atoms with Gasteiger partial charge in [0.2, 0.25) is 0 Å². The van der Waals surface area contributed by atoms with Crippen LogP contribution in [0.2, 0.25) is 0 Å².